The summed E-state index contributed by atoms with van der Waals surface area (Å²) < 4.78 is 5.35. The molecule has 1 aliphatic heterocycles. The van der Waals surface area contributed by atoms with Gasteiger partial charge in [-0.3, -0.25) is 9.79 Å². The van der Waals surface area contributed by atoms with Crippen molar-refractivity contribution in [2.24, 2.45) is 4.99 Å². The number of ether oxygens (including phenoxy) is 1. The molecule has 0 radical (unpaired) electrons. The zero-order valence-electron chi connectivity index (χ0n) is 16.0. The number of nitrogens with zero attached hydrogens (tertiary/aromatic N) is 3. The number of hydrogen-bond donors (Lipinski definition) is 0. The largest absolute Gasteiger partial charge is 0.497 e. The van der Waals surface area contributed by atoms with E-state index in [0.29, 0.717) is 5.56 Å². The van der Waals surface area contributed by atoms with Gasteiger partial charge in [-0.15, -0.1) is 0 Å². The SMILES string of the molecule is COc1ccc2c(c1)C(CC(=O)c1ccc(N(C)C)nc1)=NC(C)(C)C2. The first-order valence-electron chi connectivity index (χ1n) is 8.72. The zero-order valence-corrected chi connectivity index (χ0v) is 16.0. The van der Waals surface area contributed by atoms with Crippen LogP contribution in [-0.4, -0.2) is 43.2 Å². The fraction of sp³-hybridized carbons (Fsp3) is 0.381. The fourth-order valence-corrected chi connectivity index (χ4v) is 3.24. The number of anilines is 1. The number of carbonyl (C=O) groups is 1. The lowest BCUT2D eigenvalue weighted by atomic mass is 9.85. The van der Waals surface area contributed by atoms with Gasteiger partial charge < -0.3 is 9.64 Å². The minimum atomic E-state index is -0.218. The number of methoxy groups -OCH3 is 1. The minimum Gasteiger partial charge on any atom is -0.497 e. The van der Waals surface area contributed by atoms with E-state index in [0.717, 1.165) is 29.3 Å². The summed E-state index contributed by atoms with van der Waals surface area (Å²) in [4.78, 5) is 23.9. The molecule has 5 heteroatoms. The molecule has 2 heterocycles. The summed E-state index contributed by atoms with van der Waals surface area (Å²) in [6, 6.07) is 9.69. The Morgan fingerprint density at radius 1 is 1.23 bits per heavy atom. The number of hydrogen-bond acceptors (Lipinski definition) is 5. The van der Waals surface area contributed by atoms with Crippen LogP contribution in [0.4, 0.5) is 5.82 Å². The van der Waals surface area contributed by atoms with Gasteiger partial charge in [0.2, 0.25) is 0 Å². The Bertz CT molecular complexity index is 852. The van der Waals surface area contributed by atoms with Crippen molar-refractivity contribution in [1.29, 1.82) is 0 Å². The van der Waals surface area contributed by atoms with Gasteiger partial charge in [0.15, 0.2) is 5.78 Å². The highest BCUT2D eigenvalue weighted by molar-refractivity contribution is 6.16. The molecule has 0 fully saturated rings. The van der Waals surface area contributed by atoms with Gasteiger partial charge in [-0.25, -0.2) is 4.98 Å². The zero-order chi connectivity index (χ0) is 18.9. The molecule has 0 aliphatic carbocycles. The summed E-state index contributed by atoms with van der Waals surface area (Å²) in [5, 5.41) is 0. The van der Waals surface area contributed by atoms with Crippen molar-refractivity contribution in [3.63, 3.8) is 0 Å². The van der Waals surface area contributed by atoms with E-state index < -0.39 is 0 Å². The number of benzene rings is 1. The molecule has 3 rings (SSSR count). The highest BCUT2D eigenvalue weighted by Crippen LogP contribution is 2.31. The molecule has 1 aromatic carbocycles. The van der Waals surface area contributed by atoms with Crippen molar-refractivity contribution >= 4 is 17.3 Å². The third-order valence-corrected chi connectivity index (χ3v) is 4.54. The van der Waals surface area contributed by atoms with E-state index in [1.165, 1.54) is 5.56 Å². The molecular weight excluding hydrogens is 326 g/mol. The molecule has 26 heavy (non-hydrogen) atoms. The fourth-order valence-electron chi connectivity index (χ4n) is 3.24. The number of fused-ring (bicyclic) bond motifs is 1. The van der Waals surface area contributed by atoms with Crippen LogP contribution in [0.25, 0.3) is 0 Å². The molecule has 0 bridgehead atoms. The second-order valence-electron chi connectivity index (χ2n) is 7.47. The maximum atomic E-state index is 12.8. The van der Waals surface area contributed by atoms with E-state index >= 15 is 0 Å². The van der Waals surface area contributed by atoms with E-state index in [9.17, 15) is 4.79 Å². The average Bonchev–Trinajstić information content (AvgIpc) is 2.60. The molecule has 0 saturated heterocycles. The van der Waals surface area contributed by atoms with E-state index in [4.69, 9.17) is 9.73 Å². The van der Waals surface area contributed by atoms with Crippen LogP contribution < -0.4 is 9.64 Å². The Labute approximate surface area is 154 Å². The summed E-state index contributed by atoms with van der Waals surface area (Å²) in [5.41, 5.74) is 3.41. The van der Waals surface area contributed by atoms with Crippen LogP contribution in [0.3, 0.4) is 0 Å². The van der Waals surface area contributed by atoms with Gasteiger partial charge in [-0.05, 0) is 50.1 Å². The third kappa shape index (κ3) is 3.77. The van der Waals surface area contributed by atoms with Crippen LogP contribution in [0.15, 0.2) is 41.5 Å². The lowest BCUT2D eigenvalue weighted by molar-refractivity contribution is 0.1000. The highest BCUT2D eigenvalue weighted by Gasteiger charge is 2.28. The summed E-state index contributed by atoms with van der Waals surface area (Å²) in [5.74, 6) is 1.63. The summed E-state index contributed by atoms with van der Waals surface area (Å²) in [7, 11) is 5.49. The van der Waals surface area contributed by atoms with Gasteiger partial charge in [-0.2, -0.15) is 0 Å². The van der Waals surface area contributed by atoms with Gasteiger partial charge in [0, 0.05) is 31.4 Å². The van der Waals surface area contributed by atoms with Crippen LogP contribution in [0.5, 0.6) is 5.75 Å². The van der Waals surface area contributed by atoms with E-state index in [1.807, 2.05) is 43.3 Å². The van der Waals surface area contributed by atoms with Crippen molar-refractivity contribution < 1.29 is 9.53 Å². The number of Topliss-reactive ketones (excluding diaryl/α,β-unsaturated/α-hetero) is 1. The Hall–Kier alpha value is -2.69. The lowest BCUT2D eigenvalue weighted by Crippen LogP contribution is -2.30. The van der Waals surface area contributed by atoms with Gasteiger partial charge in [0.05, 0.1) is 24.8 Å². The molecule has 136 valence electrons. The van der Waals surface area contributed by atoms with Crippen molar-refractivity contribution in [1.82, 2.24) is 4.98 Å². The quantitative estimate of drug-likeness (QED) is 0.773. The second-order valence-corrected chi connectivity index (χ2v) is 7.47. The Kier molecular flexibility index (Phi) is 4.81. The third-order valence-electron chi connectivity index (χ3n) is 4.54. The average molecular weight is 351 g/mol. The highest BCUT2D eigenvalue weighted by atomic mass is 16.5. The monoisotopic (exact) mass is 351 g/mol. The number of rotatable bonds is 5. The number of aliphatic imine (C=N–C) groups is 1. The van der Waals surface area contributed by atoms with Crippen LogP contribution in [-0.2, 0) is 6.42 Å². The number of pyridine rings is 1. The maximum absolute atomic E-state index is 12.8. The Morgan fingerprint density at radius 2 is 2.00 bits per heavy atom. The normalized spacial score (nSPS) is 15.0. The molecule has 0 atom stereocenters. The summed E-state index contributed by atoms with van der Waals surface area (Å²) in [6.07, 6.45) is 2.74. The van der Waals surface area contributed by atoms with Crippen LogP contribution in [0.2, 0.25) is 0 Å². The van der Waals surface area contributed by atoms with Gasteiger partial charge in [0.1, 0.15) is 11.6 Å². The van der Waals surface area contributed by atoms with Gasteiger partial charge in [0.25, 0.3) is 0 Å². The first-order chi connectivity index (χ1) is 12.3. The number of ketones is 1. The molecule has 2 aromatic rings. The molecular formula is C21H25N3O2. The van der Waals surface area contributed by atoms with Crippen molar-refractivity contribution in [2.45, 2.75) is 32.2 Å². The Morgan fingerprint density at radius 3 is 2.62 bits per heavy atom. The van der Waals surface area contributed by atoms with Gasteiger partial charge in [-0.1, -0.05) is 6.07 Å². The lowest BCUT2D eigenvalue weighted by Gasteiger charge is -2.29. The second kappa shape index (κ2) is 6.90. The summed E-state index contributed by atoms with van der Waals surface area (Å²) >= 11 is 0. The Balaban J connectivity index is 1.90. The molecule has 0 N–H and O–H groups in total. The van der Waals surface area contributed by atoms with Crippen LogP contribution in [0, 0.1) is 0 Å². The standard InChI is InChI=1S/C21H25N3O2/c1-21(2)12-14-6-8-16(26-5)10-17(14)18(23-21)11-19(25)15-7-9-20(22-13-15)24(3)4/h6-10,13H,11-12H2,1-5H3. The first-order valence-corrected chi connectivity index (χ1v) is 8.72. The molecule has 0 amide bonds. The van der Waals surface area contributed by atoms with E-state index in [2.05, 4.69) is 24.9 Å². The van der Waals surface area contributed by atoms with Crippen LogP contribution in [0.1, 0.15) is 41.8 Å². The van der Waals surface area contributed by atoms with Crippen molar-refractivity contribution in [3.05, 3.63) is 53.2 Å². The molecule has 1 aliphatic rings. The molecule has 1 aromatic heterocycles. The molecule has 0 saturated carbocycles. The summed E-state index contributed by atoms with van der Waals surface area (Å²) in [6.45, 7) is 4.19. The maximum Gasteiger partial charge on any atom is 0.170 e. The van der Waals surface area contributed by atoms with Crippen molar-refractivity contribution in [3.8, 4) is 5.75 Å². The predicted octanol–water partition coefficient (Wildman–Crippen LogP) is 3.55. The topological polar surface area (TPSA) is 54.8 Å². The van der Waals surface area contributed by atoms with E-state index in [1.54, 1.807) is 13.3 Å². The number of carbonyl (C=O) groups excluding carboxylic acids is 1. The molecule has 0 unspecified atom stereocenters. The smallest absolute Gasteiger partial charge is 0.170 e. The molecule has 5 nitrogen and oxygen atoms in total. The van der Waals surface area contributed by atoms with E-state index in [-0.39, 0.29) is 17.7 Å². The van der Waals surface area contributed by atoms with Gasteiger partial charge >= 0.3 is 0 Å². The first kappa shape index (κ1) is 18.1. The molecule has 0 spiro atoms. The number of aromatic nitrogens is 1. The van der Waals surface area contributed by atoms with Crippen LogP contribution >= 0.6 is 0 Å². The van der Waals surface area contributed by atoms with Crippen molar-refractivity contribution in [2.75, 3.05) is 26.1 Å². The predicted molar refractivity (Wildman–Crippen MR) is 105 cm³/mol. The minimum absolute atomic E-state index is 0.0213.